The van der Waals surface area contributed by atoms with Gasteiger partial charge in [0, 0.05) is 40.7 Å². The second-order valence-corrected chi connectivity index (χ2v) is 12.8. The van der Waals surface area contributed by atoms with Gasteiger partial charge in [-0.3, -0.25) is 4.90 Å². The molecule has 4 heterocycles. The van der Waals surface area contributed by atoms with E-state index in [1.165, 1.54) is 0 Å². The Labute approximate surface area is 266 Å². The highest BCUT2D eigenvalue weighted by Gasteiger charge is 2.31. The summed E-state index contributed by atoms with van der Waals surface area (Å²) >= 11 is 6.99. The van der Waals surface area contributed by atoms with Crippen LogP contribution < -0.4 is 10.1 Å². The van der Waals surface area contributed by atoms with E-state index in [0.717, 1.165) is 55.1 Å². The smallest absolute Gasteiger partial charge is 0.223 e. The molecule has 0 bridgehead atoms. The minimum atomic E-state index is -0.546. The highest BCUT2D eigenvalue weighted by Crippen LogP contribution is 2.44. The summed E-state index contributed by atoms with van der Waals surface area (Å²) in [5.74, 6) is -0.148. The maximum atomic E-state index is 17.1. The van der Waals surface area contributed by atoms with Crippen molar-refractivity contribution < 1.29 is 9.13 Å². The molecule has 1 unspecified atom stereocenters. The molecule has 0 saturated carbocycles. The molecule has 228 valence electrons. The van der Waals surface area contributed by atoms with Gasteiger partial charge >= 0.3 is 0 Å². The van der Waals surface area contributed by atoms with Crippen molar-refractivity contribution in [3.8, 4) is 29.1 Å². The van der Waals surface area contributed by atoms with E-state index in [1.54, 1.807) is 18.2 Å². The first-order valence-electron chi connectivity index (χ1n) is 15.6. The van der Waals surface area contributed by atoms with Crippen LogP contribution in [0.25, 0.3) is 43.7 Å². The van der Waals surface area contributed by atoms with E-state index in [1.807, 2.05) is 36.5 Å². The summed E-state index contributed by atoms with van der Waals surface area (Å²) in [7, 11) is 2.11. The maximum absolute atomic E-state index is 17.1. The number of likely N-dealkylation sites (N-methyl/N-ethyl adjacent to an activating group) is 1. The summed E-state index contributed by atoms with van der Waals surface area (Å²) < 4.78 is 25.9. The van der Waals surface area contributed by atoms with Crippen LogP contribution in [0.4, 0.5) is 4.39 Å². The Kier molecular flexibility index (Phi) is 7.83. The van der Waals surface area contributed by atoms with Crippen LogP contribution in [0.1, 0.15) is 50.6 Å². The van der Waals surface area contributed by atoms with Crippen LogP contribution in [0.2, 0.25) is 5.02 Å². The van der Waals surface area contributed by atoms with Gasteiger partial charge < -0.3 is 14.6 Å². The van der Waals surface area contributed by atoms with E-state index in [-0.39, 0.29) is 40.3 Å². The van der Waals surface area contributed by atoms with Crippen molar-refractivity contribution in [1.82, 2.24) is 19.8 Å². The average molecular weight is 621 g/mol. The number of pyridine rings is 1. The minimum absolute atomic E-state index is 0.0839. The Morgan fingerprint density at radius 2 is 1.98 bits per heavy atom. The van der Waals surface area contributed by atoms with Crippen LogP contribution in [0.15, 0.2) is 54.7 Å². The third-order valence-corrected chi connectivity index (χ3v) is 10.0. The third kappa shape index (κ3) is 5.08. The molecule has 2 fully saturated rings. The van der Waals surface area contributed by atoms with Crippen LogP contribution in [0.5, 0.6) is 5.88 Å². The van der Waals surface area contributed by atoms with Gasteiger partial charge in [0.2, 0.25) is 5.88 Å². The zero-order valence-corrected chi connectivity index (χ0v) is 26.1. The summed E-state index contributed by atoms with van der Waals surface area (Å²) in [4.78, 5) is 7.19. The molecule has 1 N–H and O–H groups in total. The van der Waals surface area contributed by atoms with Crippen LogP contribution in [0, 0.1) is 28.5 Å². The Bertz CT molecular complexity index is 2020. The summed E-state index contributed by atoms with van der Waals surface area (Å²) in [6, 6.07) is 19.8. The highest BCUT2D eigenvalue weighted by molar-refractivity contribution is 6.35. The molecule has 4 atom stereocenters. The molecule has 0 aliphatic carbocycles. The fourth-order valence-electron chi connectivity index (χ4n) is 7.53. The molecule has 2 aliphatic heterocycles. The summed E-state index contributed by atoms with van der Waals surface area (Å²) in [6.07, 6.45) is 6.10. The van der Waals surface area contributed by atoms with Crippen LogP contribution in [-0.4, -0.2) is 52.8 Å². The number of benzene rings is 3. The molecule has 9 heteroatoms. The van der Waals surface area contributed by atoms with E-state index in [4.69, 9.17) is 21.3 Å². The number of hydrogen-bond acceptors (Lipinski definition) is 6. The number of nitrogens with one attached hydrogen (secondary N) is 1. The lowest BCUT2D eigenvalue weighted by atomic mass is 9.93. The minimum Gasteiger partial charge on any atom is -0.472 e. The number of fused-ring (bicyclic) bond motifs is 4. The summed E-state index contributed by atoms with van der Waals surface area (Å²) in [5.41, 5.74) is 2.22. The number of nitriles is 2. The monoisotopic (exact) mass is 620 g/mol. The molecule has 2 saturated heterocycles. The molecule has 3 aromatic carbocycles. The number of piperidine rings is 1. The van der Waals surface area contributed by atoms with Crippen LogP contribution in [0.3, 0.4) is 0 Å². The van der Waals surface area contributed by atoms with Crippen molar-refractivity contribution in [2.24, 2.45) is 0 Å². The number of likely N-dealkylation sites (tertiary alicyclic amines) is 1. The largest absolute Gasteiger partial charge is 0.472 e. The first kappa shape index (κ1) is 29.5. The molecule has 45 heavy (non-hydrogen) atoms. The van der Waals surface area contributed by atoms with Gasteiger partial charge in [0.15, 0.2) is 5.82 Å². The van der Waals surface area contributed by atoms with E-state index in [9.17, 15) is 10.5 Å². The Balaban J connectivity index is 1.46. The zero-order chi connectivity index (χ0) is 31.2. The van der Waals surface area contributed by atoms with Gasteiger partial charge in [-0.1, -0.05) is 41.9 Å². The van der Waals surface area contributed by atoms with Gasteiger partial charge in [0.05, 0.1) is 40.0 Å². The number of nitrogens with zero attached hydrogens (tertiary/aromatic N) is 5. The molecule has 0 radical (unpaired) electrons. The number of rotatable bonds is 6. The molecule has 0 amide bonds. The van der Waals surface area contributed by atoms with E-state index in [0.29, 0.717) is 34.2 Å². The lowest BCUT2D eigenvalue weighted by molar-refractivity contribution is 0.119. The summed E-state index contributed by atoms with van der Waals surface area (Å²) in [6.45, 7) is 3.86. The third-order valence-electron chi connectivity index (χ3n) is 9.72. The topological polar surface area (TPSA) is 89.9 Å². The van der Waals surface area contributed by atoms with Gasteiger partial charge in [-0.25, -0.2) is 9.37 Å². The van der Waals surface area contributed by atoms with Crippen molar-refractivity contribution in [2.45, 2.75) is 63.3 Å². The van der Waals surface area contributed by atoms with Gasteiger partial charge in [0.25, 0.3) is 0 Å². The Hall–Kier alpha value is -4.21. The molecule has 7 nitrogen and oxygen atoms in total. The second-order valence-electron chi connectivity index (χ2n) is 12.4. The fourth-order valence-corrected chi connectivity index (χ4v) is 7.83. The van der Waals surface area contributed by atoms with Crippen molar-refractivity contribution in [3.05, 3.63) is 71.1 Å². The predicted molar refractivity (Wildman–Crippen MR) is 176 cm³/mol. The van der Waals surface area contributed by atoms with Gasteiger partial charge in [-0.2, -0.15) is 10.5 Å². The van der Waals surface area contributed by atoms with Crippen LogP contribution in [-0.2, 0) is 0 Å². The van der Waals surface area contributed by atoms with Crippen molar-refractivity contribution in [1.29, 1.82) is 10.5 Å². The molecule has 7 rings (SSSR count). The number of hydrogen-bond donors (Lipinski definition) is 1. The van der Waals surface area contributed by atoms with Crippen LogP contribution >= 0.6 is 11.6 Å². The number of ether oxygens (including phenoxy) is 1. The zero-order valence-electron chi connectivity index (χ0n) is 25.4. The number of aromatic nitrogens is 2. The second kappa shape index (κ2) is 11.9. The molecule has 2 aliphatic rings. The molecule has 0 spiro atoms. The molecular formula is C36H34ClFN6O. The Morgan fingerprint density at radius 1 is 1.16 bits per heavy atom. The standard InChI is InChI=1S/C36H34ClFN6O/c1-21(30-10-5-16-43(30)2)45-36-27-13-17-44(25-12-15-41-24(18-25)11-14-39)35(27)28-19-29(37)32(33(38)34(28)42-36)26-9-4-7-22-6-3-8-23(20-40)31(22)26/h3-4,6-9,13,17,19,21,24-25,30,41H,5,10-12,15-16,18H2,1-2H3/t21?,24-,25+,30+/m1/s1. The lowest BCUT2D eigenvalue weighted by Crippen LogP contribution is -2.38. The van der Waals surface area contributed by atoms with Gasteiger partial charge in [-0.05, 0) is 81.9 Å². The normalized spacial score (nSPS) is 21.2. The number of halogens is 2. The van der Waals surface area contributed by atoms with E-state index >= 15 is 4.39 Å². The SMILES string of the molecule is CC(Oc1nc2c(F)c(-c3cccc4cccc(C#N)c34)c(Cl)cc2c2c1ccn2[C@H]1CCN[C@H](CC#N)C1)[C@@H]1CCCN1C. The molecule has 5 aromatic rings. The fraction of sp³-hybridized carbons (Fsp3) is 0.361. The average Bonchev–Trinajstić information content (AvgIpc) is 3.69. The molecule has 2 aromatic heterocycles. The van der Waals surface area contributed by atoms with E-state index in [2.05, 4.69) is 40.9 Å². The van der Waals surface area contributed by atoms with Crippen molar-refractivity contribution in [2.75, 3.05) is 20.1 Å². The first-order chi connectivity index (χ1) is 21.9. The van der Waals surface area contributed by atoms with Gasteiger partial charge in [0.1, 0.15) is 11.6 Å². The predicted octanol–water partition coefficient (Wildman–Crippen LogP) is 7.74. The van der Waals surface area contributed by atoms with Crippen molar-refractivity contribution in [3.63, 3.8) is 0 Å². The van der Waals surface area contributed by atoms with E-state index < -0.39 is 5.82 Å². The molecular weight excluding hydrogens is 587 g/mol. The Morgan fingerprint density at radius 3 is 2.73 bits per heavy atom. The highest BCUT2D eigenvalue weighted by atomic mass is 35.5. The lowest BCUT2D eigenvalue weighted by Gasteiger charge is -2.31. The maximum Gasteiger partial charge on any atom is 0.223 e. The van der Waals surface area contributed by atoms with Crippen molar-refractivity contribution >= 4 is 44.2 Å². The quantitative estimate of drug-likeness (QED) is 0.209. The summed E-state index contributed by atoms with van der Waals surface area (Å²) in [5, 5.41) is 25.9. The van der Waals surface area contributed by atoms with Gasteiger partial charge in [-0.15, -0.1) is 0 Å². The first-order valence-corrected chi connectivity index (χ1v) is 16.0.